The summed E-state index contributed by atoms with van der Waals surface area (Å²) in [6.45, 7) is 2.78. The summed E-state index contributed by atoms with van der Waals surface area (Å²) in [4.78, 5) is 13.6. The summed E-state index contributed by atoms with van der Waals surface area (Å²) in [6.07, 6.45) is 2.84. The molecule has 14 heavy (non-hydrogen) atoms. The summed E-state index contributed by atoms with van der Waals surface area (Å²) in [5.74, 6) is 0. The largest absolute Gasteiger partial charge is 0.376 e. The third kappa shape index (κ3) is 1.65. The number of hydrogen-bond donors (Lipinski definition) is 1. The second kappa shape index (κ2) is 3.67. The zero-order valence-corrected chi connectivity index (χ0v) is 8.71. The molecule has 0 amide bonds. The van der Waals surface area contributed by atoms with Gasteiger partial charge in [0.1, 0.15) is 0 Å². The average Bonchev–Trinajstić information content (AvgIpc) is 2.52. The fraction of sp³-hybridized carbons (Fsp3) is 0.556. The molecule has 1 aromatic heterocycles. The first-order chi connectivity index (χ1) is 6.68. The second-order valence-corrected chi connectivity index (χ2v) is 3.84. The molecule has 1 aliphatic rings. The number of aromatic nitrogens is 2. The van der Waals surface area contributed by atoms with Crippen molar-refractivity contribution in [3.8, 4) is 0 Å². The molecule has 76 valence electrons. The lowest BCUT2D eigenvalue weighted by Crippen LogP contribution is -2.20. The fourth-order valence-electron chi connectivity index (χ4n) is 1.77. The van der Waals surface area contributed by atoms with E-state index in [-0.39, 0.29) is 17.7 Å². The number of rotatable bonds is 1. The molecule has 2 unspecified atom stereocenters. The Bertz CT molecular complexity index is 437. The maximum absolute atomic E-state index is 11.0. The molecule has 0 bridgehead atoms. The van der Waals surface area contributed by atoms with Crippen LogP contribution in [0, 0.1) is 4.77 Å². The Kier molecular flexibility index (Phi) is 2.52. The first-order valence-electron chi connectivity index (χ1n) is 4.61. The minimum atomic E-state index is -0.155. The average molecular weight is 212 g/mol. The van der Waals surface area contributed by atoms with Crippen LogP contribution in [-0.4, -0.2) is 22.3 Å². The van der Waals surface area contributed by atoms with Crippen molar-refractivity contribution in [2.45, 2.75) is 25.5 Å². The third-order valence-electron chi connectivity index (χ3n) is 2.54. The zero-order valence-electron chi connectivity index (χ0n) is 7.90. The van der Waals surface area contributed by atoms with E-state index in [1.54, 1.807) is 6.20 Å². The van der Waals surface area contributed by atoms with Gasteiger partial charge < -0.3 is 9.30 Å². The van der Waals surface area contributed by atoms with Crippen LogP contribution in [0.5, 0.6) is 0 Å². The van der Waals surface area contributed by atoms with Crippen molar-refractivity contribution in [2.75, 3.05) is 6.61 Å². The van der Waals surface area contributed by atoms with Gasteiger partial charge in [0.2, 0.25) is 0 Å². The maximum atomic E-state index is 11.0. The lowest BCUT2D eigenvalue weighted by atomic mass is 10.1. The molecule has 2 atom stereocenters. The van der Waals surface area contributed by atoms with Crippen molar-refractivity contribution in [3.63, 3.8) is 0 Å². The van der Waals surface area contributed by atoms with Crippen LogP contribution < -0.4 is 5.56 Å². The van der Waals surface area contributed by atoms with E-state index in [2.05, 4.69) is 4.98 Å². The van der Waals surface area contributed by atoms with Crippen LogP contribution in [0.3, 0.4) is 0 Å². The fourth-order valence-corrected chi connectivity index (χ4v) is 2.07. The summed E-state index contributed by atoms with van der Waals surface area (Å²) >= 11 is 5.08. The van der Waals surface area contributed by atoms with Crippen molar-refractivity contribution in [1.82, 2.24) is 9.55 Å². The number of hydrogen-bond acceptors (Lipinski definition) is 3. The van der Waals surface area contributed by atoms with E-state index < -0.39 is 0 Å². The Morgan fingerprint density at radius 2 is 2.50 bits per heavy atom. The number of nitrogens with zero attached hydrogens (tertiary/aromatic N) is 1. The molecule has 1 fully saturated rings. The van der Waals surface area contributed by atoms with Crippen LogP contribution in [0.2, 0.25) is 0 Å². The van der Waals surface area contributed by atoms with E-state index >= 15 is 0 Å². The number of H-pyrrole nitrogens is 1. The van der Waals surface area contributed by atoms with Gasteiger partial charge in [-0.15, -0.1) is 0 Å². The van der Waals surface area contributed by atoms with Crippen LogP contribution in [0.1, 0.15) is 19.4 Å². The molecule has 0 radical (unpaired) electrons. The van der Waals surface area contributed by atoms with E-state index in [9.17, 15) is 4.79 Å². The quantitative estimate of drug-likeness (QED) is 0.713. The number of nitrogens with one attached hydrogen (secondary N) is 1. The minimum absolute atomic E-state index is 0.155. The van der Waals surface area contributed by atoms with E-state index in [1.165, 1.54) is 6.07 Å². The summed E-state index contributed by atoms with van der Waals surface area (Å²) in [6, 6.07) is 1.74. The van der Waals surface area contributed by atoms with Crippen molar-refractivity contribution < 1.29 is 4.74 Å². The Morgan fingerprint density at radius 3 is 3.07 bits per heavy atom. The van der Waals surface area contributed by atoms with Gasteiger partial charge in [-0.3, -0.25) is 9.78 Å². The molecule has 0 saturated carbocycles. The van der Waals surface area contributed by atoms with Gasteiger partial charge in [-0.2, -0.15) is 0 Å². The first-order valence-corrected chi connectivity index (χ1v) is 5.02. The van der Waals surface area contributed by atoms with Gasteiger partial charge in [-0.1, -0.05) is 0 Å². The van der Waals surface area contributed by atoms with Crippen LogP contribution in [0.15, 0.2) is 17.1 Å². The van der Waals surface area contributed by atoms with Gasteiger partial charge in [0.25, 0.3) is 5.56 Å². The molecule has 1 saturated heterocycles. The molecule has 2 rings (SSSR count). The predicted molar refractivity (Wildman–Crippen MR) is 55.0 cm³/mol. The van der Waals surface area contributed by atoms with Gasteiger partial charge in [0.15, 0.2) is 4.77 Å². The summed E-state index contributed by atoms with van der Waals surface area (Å²) in [5, 5.41) is 0. The minimum Gasteiger partial charge on any atom is -0.376 e. The van der Waals surface area contributed by atoms with Crippen LogP contribution in [0.25, 0.3) is 0 Å². The molecule has 1 aliphatic heterocycles. The number of aromatic amines is 1. The summed E-state index contributed by atoms with van der Waals surface area (Å²) < 4.78 is 7.82. The van der Waals surface area contributed by atoms with Gasteiger partial charge in [0.05, 0.1) is 12.1 Å². The molecule has 0 aliphatic carbocycles. The first kappa shape index (κ1) is 9.61. The standard InChI is InChI=1S/C9H12N2O2S/c1-6-7(3-5-13-6)11-4-2-8(12)10-9(11)14/h2,4,6-7H,3,5H2,1H3,(H,10,12,14). The zero-order chi connectivity index (χ0) is 10.1. The van der Waals surface area contributed by atoms with E-state index in [0.717, 1.165) is 13.0 Å². The second-order valence-electron chi connectivity index (χ2n) is 3.45. The third-order valence-corrected chi connectivity index (χ3v) is 2.86. The number of ether oxygens (including phenoxy) is 1. The van der Waals surface area contributed by atoms with Crippen molar-refractivity contribution in [1.29, 1.82) is 0 Å². The Hall–Kier alpha value is -0.940. The molecule has 0 spiro atoms. The van der Waals surface area contributed by atoms with E-state index in [1.807, 2.05) is 11.5 Å². The molecular formula is C9H12N2O2S. The van der Waals surface area contributed by atoms with Gasteiger partial charge in [-0.05, 0) is 25.6 Å². The molecule has 5 heteroatoms. The lowest BCUT2D eigenvalue weighted by Gasteiger charge is -2.17. The van der Waals surface area contributed by atoms with Crippen LogP contribution >= 0.6 is 12.2 Å². The Labute approximate surface area is 86.5 Å². The van der Waals surface area contributed by atoms with Crippen LogP contribution in [0.4, 0.5) is 0 Å². The highest BCUT2D eigenvalue weighted by Gasteiger charge is 2.25. The molecule has 0 aromatic carbocycles. The normalized spacial score (nSPS) is 26.6. The molecular weight excluding hydrogens is 200 g/mol. The van der Waals surface area contributed by atoms with Gasteiger partial charge in [-0.25, -0.2) is 0 Å². The van der Waals surface area contributed by atoms with E-state index in [0.29, 0.717) is 4.77 Å². The topological polar surface area (TPSA) is 47.0 Å². The lowest BCUT2D eigenvalue weighted by molar-refractivity contribution is 0.107. The predicted octanol–water partition coefficient (Wildman–Crippen LogP) is 1.26. The highest BCUT2D eigenvalue weighted by Crippen LogP contribution is 2.24. The SMILES string of the molecule is CC1OCCC1n1ccc(=O)[nH]c1=S. The molecule has 2 heterocycles. The summed E-state index contributed by atoms with van der Waals surface area (Å²) in [5.41, 5.74) is -0.155. The molecule has 1 N–H and O–H groups in total. The van der Waals surface area contributed by atoms with Crippen LogP contribution in [-0.2, 0) is 4.74 Å². The van der Waals surface area contributed by atoms with Gasteiger partial charge in [0, 0.05) is 18.9 Å². The maximum Gasteiger partial charge on any atom is 0.251 e. The van der Waals surface area contributed by atoms with Gasteiger partial charge >= 0.3 is 0 Å². The van der Waals surface area contributed by atoms with Crippen molar-refractivity contribution >= 4 is 12.2 Å². The van der Waals surface area contributed by atoms with Crippen molar-refractivity contribution in [3.05, 3.63) is 27.4 Å². The molecule has 4 nitrogen and oxygen atoms in total. The van der Waals surface area contributed by atoms with Crippen molar-refractivity contribution in [2.24, 2.45) is 0 Å². The molecule has 1 aromatic rings. The monoisotopic (exact) mass is 212 g/mol. The highest BCUT2D eigenvalue weighted by atomic mass is 32.1. The Morgan fingerprint density at radius 1 is 1.71 bits per heavy atom. The summed E-state index contributed by atoms with van der Waals surface area (Å²) in [7, 11) is 0. The van der Waals surface area contributed by atoms with E-state index in [4.69, 9.17) is 17.0 Å². The smallest absolute Gasteiger partial charge is 0.251 e. The Balaban J connectivity index is 2.41. The highest BCUT2D eigenvalue weighted by molar-refractivity contribution is 7.71.